The molecule has 0 aromatic heterocycles. The van der Waals surface area contributed by atoms with Gasteiger partial charge in [-0.3, -0.25) is 19.2 Å². The summed E-state index contributed by atoms with van der Waals surface area (Å²) in [6, 6.07) is 0. The van der Waals surface area contributed by atoms with Gasteiger partial charge in [0.2, 0.25) is 12.4 Å². The molecule has 0 aromatic rings. The van der Waals surface area contributed by atoms with Gasteiger partial charge in [-0.25, -0.2) is 0 Å². The van der Waals surface area contributed by atoms with Gasteiger partial charge in [0, 0.05) is 25.7 Å². The molecule has 4 atom stereocenters. The Kier molecular flexibility index (Phi) is 12.0. The summed E-state index contributed by atoms with van der Waals surface area (Å²) in [4.78, 5) is 48.4. The lowest BCUT2D eigenvalue weighted by Gasteiger charge is -2.40. The fraction of sp³-hybridized carbons (Fsp3) is 0.810. The van der Waals surface area contributed by atoms with Crippen molar-refractivity contribution in [3.63, 3.8) is 0 Å². The van der Waals surface area contributed by atoms with Crippen LogP contribution in [-0.2, 0) is 42.9 Å². The summed E-state index contributed by atoms with van der Waals surface area (Å²) in [5.41, 5.74) is 0. The molecule has 0 saturated carbocycles. The van der Waals surface area contributed by atoms with Crippen molar-refractivity contribution in [3.8, 4) is 0 Å². The van der Waals surface area contributed by atoms with Crippen LogP contribution >= 0.6 is 0 Å². The molecule has 1 aliphatic heterocycles. The Morgan fingerprint density at radius 2 is 1.03 bits per heavy atom. The normalized spacial score (nSPS) is 23.3. The molecule has 1 aliphatic rings. The molecule has 0 bridgehead atoms. The van der Waals surface area contributed by atoms with Crippen molar-refractivity contribution in [2.45, 2.75) is 104 Å². The molecule has 0 amide bonds. The SMILES string of the molecule is CCCC(=O)O[C@H]1OC[C@H](OC(=O)CCC)[C@H](OC(=O)CCC)[C@H]1OC(=O)CCC. The predicted octanol–water partition coefficient (Wildman–Crippen LogP) is 2.82. The van der Waals surface area contributed by atoms with Gasteiger partial charge in [0.15, 0.2) is 12.2 Å². The zero-order valence-electron chi connectivity index (χ0n) is 18.3. The van der Waals surface area contributed by atoms with Crippen LogP contribution in [0.2, 0.25) is 0 Å². The number of ether oxygens (including phenoxy) is 5. The maximum atomic E-state index is 12.2. The number of carbonyl (C=O) groups is 4. The highest BCUT2D eigenvalue weighted by atomic mass is 16.7. The van der Waals surface area contributed by atoms with Gasteiger partial charge in [-0.1, -0.05) is 27.7 Å². The minimum atomic E-state index is -1.26. The first kappa shape index (κ1) is 25.9. The molecule has 30 heavy (non-hydrogen) atoms. The first-order valence-corrected chi connectivity index (χ1v) is 10.8. The topological polar surface area (TPSA) is 114 Å². The van der Waals surface area contributed by atoms with Crippen molar-refractivity contribution in [1.29, 1.82) is 0 Å². The maximum absolute atomic E-state index is 12.2. The lowest BCUT2D eigenvalue weighted by atomic mass is 10.0. The van der Waals surface area contributed by atoms with E-state index in [1.165, 1.54) is 0 Å². The molecule has 1 heterocycles. The van der Waals surface area contributed by atoms with Gasteiger partial charge in [-0.2, -0.15) is 0 Å². The van der Waals surface area contributed by atoms with Gasteiger partial charge in [0.05, 0.1) is 6.61 Å². The van der Waals surface area contributed by atoms with Crippen LogP contribution in [0.1, 0.15) is 79.1 Å². The van der Waals surface area contributed by atoms with E-state index in [9.17, 15) is 19.2 Å². The van der Waals surface area contributed by atoms with E-state index in [4.69, 9.17) is 23.7 Å². The Bertz CT molecular complexity index is 525. The molecule has 9 nitrogen and oxygen atoms in total. The number of carbonyl (C=O) groups excluding carboxylic acids is 4. The van der Waals surface area contributed by atoms with Crippen molar-refractivity contribution >= 4 is 23.9 Å². The molecule has 1 saturated heterocycles. The number of hydrogen-bond donors (Lipinski definition) is 0. The number of hydrogen-bond acceptors (Lipinski definition) is 9. The fourth-order valence-electron chi connectivity index (χ4n) is 2.87. The lowest BCUT2D eigenvalue weighted by Crippen LogP contribution is -2.58. The number of esters is 4. The molecule has 0 aliphatic carbocycles. The summed E-state index contributed by atoms with van der Waals surface area (Å²) in [6.07, 6.45) is -1.76. The monoisotopic (exact) mass is 430 g/mol. The third-order valence-electron chi connectivity index (χ3n) is 4.27. The summed E-state index contributed by atoms with van der Waals surface area (Å²) in [6.45, 7) is 7.12. The Morgan fingerprint density at radius 1 is 0.633 bits per heavy atom. The van der Waals surface area contributed by atoms with Crippen molar-refractivity contribution < 1.29 is 42.9 Å². The van der Waals surface area contributed by atoms with Crippen molar-refractivity contribution in [3.05, 3.63) is 0 Å². The Balaban J connectivity index is 3.12. The molecular weight excluding hydrogens is 396 g/mol. The van der Waals surface area contributed by atoms with Gasteiger partial charge < -0.3 is 23.7 Å². The highest BCUT2D eigenvalue weighted by molar-refractivity contribution is 5.72. The fourth-order valence-corrected chi connectivity index (χ4v) is 2.87. The van der Waals surface area contributed by atoms with Gasteiger partial charge in [-0.05, 0) is 25.7 Å². The number of rotatable bonds is 12. The molecule has 172 valence electrons. The Morgan fingerprint density at radius 3 is 1.50 bits per heavy atom. The zero-order chi connectivity index (χ0) is 22.5. The van der Waals surface area contributed by atoms with Crippen LogP contribution in [0, 0.1) is 0 Å². The van der Waals surface area contributed by atoms with Gasteiger partial charge in [0.25, 0.3) is 0 Å². The average molecular weight is 430 g/mol. The van der Waals surface area contributed by atoms with E-state index in [-0.39, 0.29) is 32.3 Å². The second kappa shape index (κ2) is 14.0. The molecule has 0 N–H and O–H groups in total. The van der Waals surface area contributed by atoms with E-state index in [0.29, 0.717) is 25.7 Å². The van der Waals surface area contributed by atoms with Gasteiger partial charge in [-0.15, -0.1) is 0 Å². The van der Waals surface area contributed by atoms with Crippen molar-refractivity contribution in [1.82, 2.24) is 0 Å². The summed E-state index contributed by atoms with van der Waals surface area (Å²) < 4.78 is 27.3. The third kappa shape index (κ3) is 8.69. The van der Waals surface area contributed by atoms with Crippen LogP contribution in [0.5, 0.6) is 0 Å². The van der Waals surface area contributed by atoms with Crippen molar-refractivity contribution in [2.75, 3.05) is 6.61 Å². The summed E-state index contributed by atoms with van der Waals surface area (Å²) >= 11 is 0. The second-order valence-electron chi connectivity index (χ2n) is 7.13. The predicted molar refractivity (Wildman–Crippen MR) is 105 cm³/mol. The van der Waals surface area contributed by atoms with Crippen LogP contribution in [0.4, 0.5) is 0 Å². The average Bonchev–Trinajstić information content (AvgIpc) is 2.67. The standard InChI is InChI=1S/C21H34O9/c1-5-9-15(22)27-14-13-26-21(30-18(25)12-8-4)20(29-17(24)11-7-3)19(14)28-16(23)10-6-2/h14,19-21H,5-13H2,1-4H3/t14-,19-,20+,21+/m0/s1. The first-order chi connectivity index (χ1) is 14.4. The molecular formula is C21H34O9. The molecule has 9 heteroatoms. The summed E-state index contributed by atoms with van der Waals surface area (Å²) in [5, 5.41) is 0. The quantitative estimate of drug-likeness (QED) is 0.340. The largest absolute Gasteiger partial charge is 0.456 e. The molecule has 0 unspecified atom stereocenters. The third-order valence-corrected chi connectivity index (χ3v) is 4.27. The van der Waals surface area contributed by atoms with E-state index in [0.717, 1.165) is 0 Å². The van der Waals surface area contributed by atoms with E-state index in [2.05, 4.69) is 0 Å². The zero-order valence-corrected chi connectivity index (χ0v) is 18.3. The van der Waals surface area contributed by atoms with Crippen LogP contribution in [0.15, 0.2) is 0 Å². The molecule has 0 spiro atoms. The van der Waals surface area contributed by atoms with Crippen LogP contribution in [0.25, 0.3) is 0 Å². The Hall–Kier alpha value is -2.16. The van der Waals surface area contributed by atoms with E-state index in [1.807, 2.05) is 27.7 Å². The second-order valence-corrected chi connectivity index (χ2v) is 7.13. The minimum Gasteiger partial charge on any atom is -0.456 e. The van der Waals surface area contributed by atoms with Crippen LogP contribution in [0.3, 0.4) is 0 Å². The Labute approximate surface area is 177 Å². The van der Waals surface area contributed by atoms with Crippen LogP contribution < -0.4 is 0 Å². The van der Waals surface area contributed by atoms with E-state index in [1.54, 1.807) is 0 Å². The lowest BCUT2D eigenvalue weighted by molar-refractivity contribution is -0.275. The van der Waals surface area contributed by atoms with E-state index >= 15 is 0 Å². The summed E-state index contributed by atoms with van der Waals surface area (Å²) in [5.74, 6) is -2.10. The maximum Gasteiger partial charge on any atom is 0.308 e. The van der Waals surface area contributed by atoms with Crippen LogP contribution in [-0.4, -0.2) is 55.1 Å². The van der Waals surface area contributed by atoms with E-state index < -0.39 is 48.5 Å². The highest BCUT2D eigenvalue weighted by Crippen LogP contribution is 2.26. The molecule has 1 fully saturated rings. The van der Waals surface area contributed by atoms with Gasteiger partial charge in [0.1, 0.15) is 0 Å². The minimum absolute atomic E-state index is 0.127. The molecule has 0 radical (unpaired) electrons. The summed E-state index contributed by atoms with van der Waals surface area (Å²) in [7, 11) is 0. The molecule has 0 aromatic carbocycles. The first-order valence-electron chi connectivity index (χ1n) is 10.8. The van der Waals surface area contributed by atoms with Gasteiger partial charge >= 0.3 is 23.9 Å². The molecule has 1 rings (SSSR count). The smallest absolute Gasteiger partial charge is 0.308 e. The highest BCUT2D eigenvalue weighted by Gasteiger charge is 2.49. The van der Waals surface area contributed by atoms with Crippen molar-refractivity contribution in [2.24, 2.45) is 0 Å².